The van der Waals surface area contributed by atoms with Crippen LogP contribution in [0.2, 0.25) is 0 Å². The molecule has 20 heavy (non-hydrogen) atoms. The number of methoxy groups -OCH3 is 2. The smallest absolute Gasteiger partial charge is 0.324 e. The first kappa shape index (κ1) is 14.7. The van der Waals surface area contributed by atoms with Crippen molar-refractivity contribution in [3.63, 3.8) is 0 Å². The summed E-state index contributed by atoms with van der Waals surface area (Å²) in [5.41, 5.74) is 0. The first-order valence-electron chi connectivity index (χ1n) is 6.69. The highest BCUT2D eigenvalue weighted by atomic mass is 16.5. The van der Waals surface area contributed by atoms with Gasteiger partial charge in [0.05, 0.1) is 20.8 Å². The van der Waals surface area contributed by atoms with E-state index in [9.17, 15) is 0 Å². The summed E-state index contributed by atoms with van der Waals surface area (Å²) in [6.45, 7) is 4.40. The third-order valence-electron chi connectivity index (χ3n) is 3.24. The molecule has 8 nitrogen and oxygen atoms in total. The van der Waals surface area contributed by atoms with E-state index < -0.39 is 0 Å². The Labute approximate surface area is 118 Å². The Bertz CT molecular complexity index is 409. The Balaban J connectivity index is 2.10. The Morgan fingerprint density at radius 2 is 1.70 bits per heavy atom. The second-order valence-corrected chi connectivity index (χ2v) is 4.51. The fourth-order valence-corrected chi connectivity index (χ4v) is 2.19. The molecule has 1 aliphatic heterocycles. The summed E-state index contributed by atoms with van der Waals surface area (Å²) in [6, 6.07) is 0.506. The molecule has 1 N–H and O–H groups in total. The van der Waals surface area contributed by atoms with Crippen LogP contribution in [0.25, 0.3) is 0 Å². The van der Waals surface area contributed by atoms with Crippen molar-refractivity contribution in [2.45, 2.75) is 6.42 Å². The molecule has 0 unspecified atom stereocenters. The number of rotatable bonds is 5. The van der Waals surface area contributed by atoms with Crippen LogP contribution in [-0.4, -0.2) is 78.5 Å². The highest BCUT2D eigenvalue weighted by molar-refractivity contribution is 5.32. The number of aliphatic hydroxyl groups is 1. The van der Waals surface area contributed by atoms with Crippen LogP contribution in [0.1, 0.15) is 6.42 Å². The first-order valence-corrected chi connectivity index (χ1v) is 6.69. The minimum absolute atomic E-state index is 0.188. The average Bonchev–Trinajstić information content (AvgIpc) is 2.73. The summed E-state index contributed by atoms with van der Waals surface area (Å²) < 4.78 is 10.1. The largest absolute Gasteiger partial charge is 0.467 e. The number of hydrogen-bond donors (Lipinski definition) is 1. The maximum Gasteiger partial charge on any atom is 0.324 e. The molecular weight excluding hydrogens is 262 g/mol. The number of aliphatic hydroxyl groups excluding tert-OH is 1. The van der Waals surface area contributed by atoms with Gasteiger partial charge in [0.1, 0.15) is 0 Å². The summed E-state index contributed by atoms with van der Waals surface area (Å²) in [6.07, 6.45) is 0.996. The van der Waals surface area contributed by atoms with Gasteiger partial charge in [0.25, 0.3) is 0 Å². The summed E-state index contributed by atoms with van der Waals surface area (Å²) in [7, 11) is 3.04. The second kappa shape index (κ2) is 7.20. The lowest BCUT2D eigenvalue weighted by atomic mass is 10.4. The number of nitrogens with zero attached hydrogens (tertiary/aromatic N) is 5. The van der Waals surface area contributed by atoms with E-state index in [4.69, 9.17) is 14.6 Å². The molecule has 1 aliphatic rings. The van der Waals surface area contributed by atoms with Gasteiger partial charge in [-0.15, -0.1) is 4.98 Å². The Morgan fingerprint density at radius 3 is 2.30 bits per heavy atom. The van der Waals surface area contributed by atoms with Crippen molar-refractivity contribution in [1.82, 2.24) is 19.9 Å². The van der Waals surface area contributed by atoms with Crippen molar-refractivity contribution in [1.29, 1.82) is 0 Å². The van der Waals surface area contributed by atoms with Crippen LogP contribution in [0, 0.1) is 0 Å². The van der Waals surface area contributed by atoms with E-state index in [-0.39, 0.29) is 18.6 Å². The van der Waals surface area contributed by atoms with E-state index in [2.05, 4.69) is 24.8 Å². The van der Waals surface area contributed by atoms with Crippen LogP contribution >= 0.6 is 0 Å². The molecule has 0 spiro atoms. The van der Waals surface area contributed by atoms with Crippen LogP contribution in [0.3, 0.4) is 0 Å². The number of hydrogen-bond acceptors (Lipinski definition) is 8. The van der Waals surface area contributed by atoms with Crippen LogP contribution in [0.5, 0.6) is 12.0 Å². The maximum absolute atomic E-state index is 9.01. The monoisotopic (exact) mass is 283 g/mol. The molecule has 1 aromatic rings. The van der Waals surface area contributed by atoms with Gasteiger partial charge in [0.2, 0.25) is 5.95 Å². The molecular formula is C12H21N5O3. The van der Waals surface area contributed by atoms with Crippen LogP contribution < -0.4 is 14.4 Å². The SMILES string of the molecule is COc1nc(OC)nc(N2CCCN(CCO)CC2)n1. The minimum atomic E-state index is 0.188. The molecule has 0 aromatic carbocycles. The standard InChI is InChI=1S/C12H21N5O3/c1-19-11-13-10(14-12(15-11)20-2)17-5-3-4-16(6-7-17)8-9-18/h18H,3-9H2,1-2H3. The molecule has 0 amide bonds. The molecule has 2 rings (SSSR count). The first-order chi connectivity index (χ1) is 9.76. The Morgan fingerprint density at radius 1 is 1.00 bits per heavy atom. The summed E-state index contributed by atoms with van der Waals surface area (Å²) in [5.74, 6) is 0.569. The van der Waals surface area contributed by atoms with Gasteiger partial charge in [0, 0.05) is 26.2 Å². The molecule has 0 aliphatic carbocycles. The van der Waals surface area contributed by atoms with Gasteiger partial charge in [0.15, 0.2) is 0 Å². The van der Waals surface area contributed by atoms with Crippen molar-refractivity contribution < 1.29 is 14.6 Å². The molecule has 1 saturated heterocycles. The van der Waals surface area contributed by atoms with Gasteiger partial charge in [-0.25, -0.2) is 0 Å². The van der Waals surface area contributed by atoms with Gasteiger partial charge in [-0.3, -0.25) is 4.90 Å². The van der Waals surface area contributed by atoms with E-state index in [0.29, 0.717) is 12.5 Å². The minimum Gasteiger partial charge on any atom is -0.467 e. The molecule has 0 atom stereocenters. The van der Waals surface area contributed by atoms with E-state index >= 15 is 0 Å². The van der Waals surface area contributed by atoms with E-state index in [0.717, 1.165) is 32.6 Å². The lowest BCUT2D eigenvalue weighted by molar-refractivity contribution is 0.204. The number of anilines is 1. The van der Waals surface area contributed by atoms with E-state index in [1.807, 2.05) is 0 Å². The molecule has 0 radical (unpaired) electrons. The van der Waals surface area contributed by atoms with Gasteiger partial charge in [-0.1, -0.05) is 0 Å². The average molecular weight is 283 g/mol. The normalized spacial score (nSPS) is 16.9. The van der Waals surface area contributed by atoms with Crippen molar-refractivity contribution in [3.05, 3.63) is 0 Å². The molecule has 8 heteroatoms. The van der Waals surface area contributed by atoms with Gasteiger partial charge >= 0.3 is 12.0 Å². The zero-order valence-corrected chi connectivity index (χ0v) is 11.9. The zero-order valence-electron chi connectivity index (χ0n) is 11.9. The van der Waals surface area contributed by atoms with Crippen LogP contribution in [0.4, 0.5) is 5.95 Å². The highest BCUT2D eigenvalue weighted by Gasteiger charge is 2.18. The quantitative estimate of drug-likeness (QED) is 0.766. The van der Waals surface area contributed by atoms with Crippen molar-refractivity contribution in [2.24, 2.45) is 0 Å². The van der Waals surface area contributed by atoms with Gasteiger partial charge in [-0.2, -0.15) is 9.97 Å². The maximum atomic E-state index is 9.01. The summed E-state index contributed by atoms with van der Waals surface area (Å²) >= 11 is 0. The van der Waals surface area contributed by atoms with Gasteiger partial charge < -0.3 is 19.5 Å². The summed E-state index contributed by atoms with van der Waals surface area (Å²) in [5, 5.41) is 9.01. The van der Waals surface area contributed by atoms with Gasteiger partial charge in [-0.05, 0) is 13.0 Å². The predicted molar refractivity (Wildman–Crippen MR) is 73.3 cm³/mol. The molecule has 0 saturated carbocycles. The topological polar surface area (TPSA) is 83.8 Å². The fourth-order valence-electron chi connectivity index (χ4n) is 2.19. The van der Waals surface area contributed by atoms with Crippen molar-refractivity contribution >= 4 is 5.95 Å². The Kier molecular flexibility index (Phi) is 5.31. The van der Waals surface area contributed by atoms with Crippen molar-refractivity contribution in [2.75, 3.05) is 58.5 Å². The molecule has 2 heterocycles. The third-order valence-corrected chi connectivity index (χ3v) is 3.24. The summed E-state index contributed by atoms with van der Waals surface area (Å²) in [4.78, 5) is 16.9. The fraction of sp³-hybridized carbons (Fsp3) is 0.750. The van der Waals surface area contributed by atoms with Crippen molar-refractivity contribution in [3.8, 4) is 12.0 Å². The van der Waals surface area contributed by atoms with E-state index in [1.165, 1.54) is 14.2 Å². The second-order valence-electron chi connectivity index (χ2n) is 4.51. The molecule has 1 aromatic heterocycles. The predicted octanol–water partition coefficient (Wildman–Crippen LogP) is -0.607. The molecule has 112 valence electrons. The van der Waals surface area contributed by atoms with Crippen LogP contribution in [-0.2, 0) is 0 Å². The van der Waals surface area contributed by atoms with Crippen LogP contribution in [0.15, 0.2) is 0 Å². The number of aromatic nitrogens is 3. The van der Waals surface area contributed by atoms with E-state index in [1.54, 1.807) is 0 Å². The number of ether oxygens (including phenoxy) is 2. The lowest BCUT2D eigenvalue weighted by Gasteiger charge is -2.21. The zero-order chi connectivity index (χ0) is 14.4. The number of β-amino-alcohol motifs (C(OH)–C–C–N with tert-alkyl or cyclic N) is 1. The third kappa shape index (κ3) is 3.67. The molecule has 1 fully saturated rings. The Hall–Kier alpha value is -1.67. The highest BCUT2D eigenvalue weighted by Crippen LogP contribution is 2.17. The molecule has 0 bridgehead atoms. The lowest BCUT2D eigenvalue weighted by Crippen LogP contribution is -2.33.